The smallest absolute Gasteiger partial charge is 0.303 e. The highest BCUT2D eigenvalue weighted by Gasteiger charge is 2.35. The molecule has 2 atom stereocenters. The van der Waals surface area contributed by atoms with Crippen molar-refractivity contribution >= 4 is 55.6 Å². The second kappa shape index (κ2) is 7.22. The lowest BCUT2D eigenvalue weighted by atomic mass is 9.86. The van der Waals surface area contributed by atoms with Gasteiger partial charge in [0.15, 0.2) is 0 Å². The van der Waals surface area contributed by atoms with Crippen LogP contribution in [0.5, 0.6) is 0 Å². The molecule has 0 aliphatic rings. The molecule has 8 heteroatoms. The third-order valence-electron chi connectivity index (χ3n) is 2.12. The van der Waals surface area contributed by atoms with Gasteiger partial charge in [0.05, 0.1) is 6.10 Å². The molecule has 0 aliphatic heterocycles. The fourth-order valence-electron chi connectivity index (χ4n) is 1.05. The van der Waals surface area contributed by atoms with Crippen molar-refractivity contribution in [3.05, 3.63) is 0 Å². The molecule has 0 aromatic rings. The number of hydrogen-bond donors (Lipinski definition) is 2. The maximum absolute atomic E-state index is 10.9. The molecule has 0 aromatic carbocycles. The fourth-order valence-corrected chi connectivity index (χ4v) is 2.72. The molecule has 0 aromatic heterocycles. The molecule has 0 rings (SSSR count). The number of hydrogen-bond acceptors (Lipinski definition) is 2. The Morgan fingerprint density at radius 1 is 1.38 bits per heavy atom. The molecule has 98 valence electrons. The Morgan fingerprint density at radius 2 is 1.88 bits per heavy atom. The first-order valence-electron chi connectivity index (χ1n) is 4.62. The Hall–Kier alpha value is 1.55. The van der Waals surface area contributed by atoms with Crippen LogP contribution in [0, 0.1) is 5.41 Å². The molecule has 2 N–H and O–H groups in total. The second-order valence-electron chi connectivity index (χ2n) is 4.19. The SMILES string of the molecule is CC(C)(CBr)C(CC(Br)CBr)OP(=O)(O)O. The summed E-state index contributed by atoms with van der Waals surface area (Å²) in [6.45, 7) is 3.80. The first-order valence-corrected chi connectivity index (χ1v) is 9.31. The van der Waals surface area contributed by atoms with Crippen LogP contribution in [-0.2, 0) is 9.09 Å². The van der Waals surface area contributed by atoms with E-state index in [1.165, 1.54) is 0 Å². The number of rotatable bonds is 7. The third-order valence-corrected chi connectivity index (χ3v) is 6.44. The highest BCUT2D eigenvalue weighted by atomic mass is 79.9. The van der Waals surface area contributed by atoms with Gasteiger partial charge in [0, 0.05) is 20.9 Å². The van der Waals surface area contributed by atoms with Crippen LogP contribution < -0.4 is 0 Å². The first-order chi connectivity index (χ1) is 7.12. The second-order valence-corrected chi connectivity index (χ2v) is 7.89. The molecular weight excluding hydrogens is 431 g/mol. The summed E-state index contributed by atoms with van der Waals surface area (Å²) >= 11 is 10.0. The van der Waals surface area contributed by atoms with Gasteiger partial charge in [-0.25, -0.2) is 4.57 Å². The topological polar surface area (TPSA) is 66.8 Å². The third kappa shape index (κ3) is 7.09. The Morgan fingerprint density at radius 3 is 2.19 bits per heavy atom. The van der Waals surface area contributed by atoms with E-state index in [1.54, 1.807) is 0 Å². The van der Waals surface area contributed by atoms with Gasteiger partial charge in [-0.3, -0.25) is 4.52 Å². The maximum atomic E-state index is 10.9. The van der Waals surface area contributed by atoms with Gasteiger partial charge >= 0.3 is 7.82 Å². The van der Waals surface area contributed by atoms with Crippen LogP contribution in [0.1, 0.15) is 20.3 Å². The molecule has 16 heavy (non-hydrogen) atoms. The van der Waals surface area contributed by atoms with E-state index in [4.69, 9.17) is 14.3 Å². The lowest BCUT2D eigenvalue weighted by Crippen LogP contribution is -2.35. The number of phosphoric ester groups is 1. The lowest BCUT2D eigenvalue weighted by molar-refractivity contribution is 0.0512. The van der Waals surface area contributed by atoms with Crippen molar-refractivity contribution in [2.45, 2.75) is 31.2 Å². The van der Waals surface area contributed by atoms with E-state index < -0.39 is 13.9 Å². The largest absolute Gasteiger partial charge is 0.469 e. The van der Waals surface area contributed by atoms with Crippen LogP contribution in [0.15, 0.2) is 0 Å². The molecule has 0 aliphatic carbocycles. The van der Waals surface area contributed by atoms with Gasteiger partial charge < -0.3 is 9.79 Å². The van der Waals surface area contributed by atoms with E-state index in [9.17, 15) is 4.57 Å². The minimum Gasteiger partial charge on any atom is -0.303 e. The molecule has 0 saturated heterocycles. The molecular formula is C8H16Br3O4P. The highest BCUT2D eigenvalue weighted by Crippen LogP contribution is 2.44. The zero-order valence-corrected chi connectivity index (χ0v) is 14.7. The van der Waals surface area contributed by atoms with E-state index in [0.717, 1.165) is 0 Å². The molecule has 0 saturated carbocycles. The summed E-state index contributed by atoms with van der Waals surface area (Å²) in [5.74, 6) is 0. The molecule has 4 nitrogen and oxygen atoms in total. The summed E-state index contributed by atoms with van der Waals surface area (Å²) in [7, 11) is -4.46. The zero-order chi connectivity index (χ0) is 13.0. The Balaban J connectivity index is 4.71. The van der Waals surface area contributed by atoms with Gasteiger partial charge in [-0.1, -0.05) is 61.6 Å². The van der Waals surface area contributed by atoms with E-state index in [-0.39, 0.29) is 10.2 Å². The van der Waals surface area contributed by atoms with Crippen molar-refractivity contribution < 1.29 is 18.9 Å². The van der Waals surface area contributed by atoms with Gasteiger partial charge in [0.1, 0.15) is 0 Å². The standard InChI is InChI=1S/C8H16Br3O4P/c1-8(2,5-10)7(3-6(11)4-9)15-16(12,13)14/h6-7H,3-5H2,1-2H3,(H2,12,13,14). The Bertz CT molecular complexity index is 256. The van der Waals surface area contributed by atoms with E-state index in [0.29, 0.717) is 17.1 Å². The summed E-state index contributed by atoms with van der Waals surface area (Å²) < 4.78 is 15.8. The van der Waals surface area contributed by atoms with Gasteiger partial charge in [0.2, 0.25) is 0 Å². The summed E-state index contributed by atoms with van der Waals surface area (Å²) in [5.41, 5.74) is -0.352. The van der Waals surface area contributed by atoms with Crippen LogP contribution in [0.25, 0.3) is 0 Å². The summed E-state index contributed by atoms with van der Waals surface area (Å²) in [6.07, 6.45) is 0.00392. The predicted molar refractivity (Wildman–Crippen MR) is 75.6 cm³/mol. The molecule has 0 spiro atoms. The van der Waals surface area contributed by atoms with Crippen LogP contribution in [0.2, 0.25) is 0 Å². The Labute approximate surface area is 121 Å². The first kappa shape index (κ1) is 17.6. The van der Waals surface area contributed by atoms with E-state index >= 15 is 0 Å². The minimum atomic E-state index is -4.46. The van der Waals surface area contributed by atoms with Gasteiger partial charge in [-0.15, -0.1) is 0 Å². The van der Waals surface area contributed by atoms with Gasteiger partial charge in [-0.2, -0.15) is 0 Å². The van der Waals surface area contributed by atoms with Crippen LogP contribution in [0.3, 0.4) is 0 Å². The molecule has 0 bridgehead atoms. The van der Waals surface area contributed by atoms with Crippen molar-refractivity contribution in [3.63, 3.8) is 0 Å². The van der Waals surface area contributed by atoms with E-state index in [1.807, 2.05) is 13.8 Å². The summed E-state index contributed by atoms with van der Waals surface area (Å²) in [6, 6.07) is 0. The number of alkyl halides is 3. The molecule has 2 unspecified atom stereocenters. The van der Waals surface area contributed by atoms with Crippen molar-refractivity contribution in [2.75, 3.05) is 10.7 Å². The molecule has 0 fully saturated rings. The van der Waals surface area contributed by atoms with Crippen molar-refractivity contribution in [2.24, 2.45) is 5.41 Å². The van der Waals surface area contributed by atoms with Crippen molar-refractivity contribution in [3.8, 4) is 0 Å². The molecule has 0 heterocycles. The quantitative estimate of drug-likeness (QED) is 0.464. The van der Waals surface area contributed by atoms with Gasteiger partial charge in [0.25, 0.3) is 0 Å². The maximum Gasteiger partial charge on any atom is 0.469 e. The van der Waals surface area contributed by atoms with Crippen LogP contribution in [-0.4, -0.2) is 31.4 Å². The average molecular weight is 447 g/mol. The lowest BCUT2D eigenvalue weighted by Gasteiger charge is -2.33. The van der Waals surface area contributed by atoms with Crippen LogP contribution in [0.4, 0.5) is 0 Å². The van der Waals surface area contributed by atoms with Crippen LogP contribution >= 0.6 is 55.6 Å². The minimum absolute atomic E-state index is 0.113. The summed E-state index contributed by atoms with van der Waals surface area (Å²) in [5, 5.41) is 1.30. The Kier molecular flexibility index (Phi) is 7.91. The van der Waals surface area contributed by atoms with Gasteiger partial charge in [-0.05, 0) is 6.42 Å². The van der Waals surface area contributed by atoms with Crippen molar-refractivity contribution in [1.82, 2.24) is 0 Å². The average Bonchev–Trinajstić information content (AvgIpc) is 2.14. The van der Waals surface area contributed by atoms with Crippen molar-refractivity contribution in [1.29, 1.82) is 0 Å². The monoisotopic (exact) mass is 444 g/mol. The fraction of sp³-hybridized carbons (Fsp3) is 1.00. The van der Waals surface area contributed by atoms with E-state index in [2.05, 4.69) is 47.8 Å². The zero-order valence-electron chi connectivity index (χ0n) is 9.07. The summed E-state index contributed by atoms with van der Waals surface area (Å²) in [4.78, 5) is 17.9. The predicted octanol–water partition coefficient (Wildman–Crippen LogP) is 3.43. The molecule has 0 radical (unpaired) electrons. The number of halogens is 3. The highest BCUT2D eigenvalue weighted by molar-refractivity contribution is 9.12. The molecule has 0 amide bonds. The normalized spacial score (nSPS) is 17.2. The number of phosphoric acid groups is 1.